The van der Waals surface area contributed by atoms with Gasteiger partial charge in [-0.25, -0.2) is 4.79 Å². The maximum atomic E-state index is 12.5. The van der Waals surface area contributed by atoms with Crippen molar-refractivity contribution in [3.8, 4) is 0 Å². The van der Waals surface area contributed by atoms with Crippen molar-refractivity contribution in [2.75, 3.05) is 11.6 Å². The number of amides is 1. The average molecular weight is 313 g/mol. The molecule has 1 atom stereocenters. The van der Waals surface area contributed by atoms with Crippen LogP contribution in [0, 0.1) is 0 Å². The van der Waals surface area contributed by atoms with E-state index in [0.717, 1.165) is 19.3 Å². The molecule has 1 N–H and O–H groups in total. The third-order valence-electron chi connectivity index (χ3n) is 3.39. The molecule has 2 heterocycles. The van der Waals surface area contributed by atoms with Gasteiger partial charge in [0.2, 0.25) is 0 Å². The van der Waals surface area contributed by atoms with Gasteiger partial charge < -0.3 is 10.0 Å². The Morgan fingerprint density at radius 1 is 1.45 bits per heavy atom. The first kappa shape index (κ1) is 15.4. The highest BCUT2D eigenvalue weighted by atomic mass is 32.2. The predicted octanol–water partition coefficient (Wildman–Crippen LogP) is 2.86. The Labute approximate surface area is 127 Å². The predicted molar refractivity (Wildman–Crippen MR) is 82.6 cm³/mol. The molecule has 0 saturated carbocycles. The van der Waals surface area contributed by atoms with Gasteiger partial charge in [-0.05, 0) is 24.5 Å². The number of carboxylic acids is 1. The van der Waals surface area contributed by atoms with E-state index in [9.17, 15) is 9.59 Å². The van der Waals surface area contributed by atoms with Crippen LogP contribution < -0.4 is 0 Å². The molecule has 110 valence electrons. The van der Waals surface area contributed by atoms with Gasteiger partial charge in [0.05, 0.1) is 10.8 Å². The van der Waals surface area contributed by atoms with Gasteiger partial charge >= 0.3 is 5.97 Å². The molecule has 6 heteroatoms. The Hall–Kier alpha value is -1.01. The third kappa shape index (κ3) is 3.01. The Balaban J connectivity index is 2.22. The second-order valence-corrected chi connectivity index (χ2v) is 6.93. The Morgan fingerprint density at radius 2 is 2.20 bits per heavy atom. The molecule has 0 aliphatic carbocycles. The number of carboxylic acid groups (broad SMARTS) is 1. The van der Waals surface area contributed by atoms with Crippen LogP contribution in [0.3, 0.4) is 0 Å². The van der Waals surface area contributed by atoms with Gasteiger partial charge in [-0.3, -0.25) is 4.79 Å². The van der Waals surface area contributed by atoms with Gasteiger partial charge in [0.25, 0.3) is 5.91 Å². The molecule has 4 nitrogen and oxygen atoms in total. The summed E-state index contributed by atoms with van der Waals surface area (Å²) in [6.07, 6.45) is 2.95. The molecule has 1 aliphatic rings. The van der Waals surface area contributed by atoms with E-state index in [1.54, 1.807) is 0 Å². The number of thiophene rings is 1. The van der Waals surface area contributed by atoms with Gasteiger partial charge in [-0.15, -0.1) is 23.1 Å². The van der Waals surface area contributed by atoms with Crippen molar-refractivity contribution in [2.24, 2.45) is 0 Å². The monoisotopic (exact) mass is 313 g/mol. The van der Waals surface area contributed by atoms with Crippen molar-refractivity contribution >= 4 is 35.0 Å². The van der Waals surface area contributed by atoms with Crippen molar-refractivity contribution in [1.29, 1.82) is 0 Å². The standard InChI is InChI=1S/C14H19NO3S2/c1-3-5-11-9(4-2)6-12(20-11)13(16)15-8-19-7-10(15)14(17)18/h6,10H,3-5,7-8H2,1-2H3,(H,17,18)/t10-/m0/s1. The largest absolute Gasteiger partial charge is 0.480 e. The van der Waals surface area contributed by atoms with Crippen LogP contribution in [0.5, 0.6) is 0 Å². The molecule has 0 aromatic carbocycles. The lowest BCUT2D eigenvalue weighted by atomic mass is 10.1. The molecule has 1 fully saturated rings. The lowest BCUT2D eigenvalue weighted by Gasteiger charge is -2.19. The molecule has 2 rings (SSSR count). The zero-order valence-corrected chi connectivity index (χ0v) is 13.4. The molecule has 1 aliphatic heterocycles. The van der Waals surface area contributed by atoms with Crippen LogP contribution in [0.4, 0.5) is 0 Å². The number of hydrogen-bond donors (Lipinski definition) is 1. The van der Waals surface area contributed by atoms with Crippen molar-refractivity contribution in [3.05, 3.63) is 21.4 Å². The molecule has 1 aromatic heterocycles. The summed E-state index contributed by atoms with van der Waals surface area (Å²) < 4.78 is 0. The van der Waals surface area contributed by atoms with E-state index in [-0.39, 0.29) is 5.91 Å². The first-order valence-electron chi connectivity index (χ1n) is 6.81. The van der Waals surface area contributed by atoms with E-state index in [0.29, 0.717) is 16.5 Å². The van der Waals surface area contributed by atoms with Crippen molar-refractivity contribution in [3.63, 3.8) is 0 Å². The maximum absolute atomic E-state index is 12.5. The number of hydrogen-bond acceptors (Lipinski definition) is 4. The number of nitrogens with zero attached hydrogens (tertiary/aromatic N) is 1. The van der Waals surface area contributed by atoms with E-state index >= 15 is 0 Å². The van der Waals surface area contributed by atoms with E-state index < -0.39 is 12.0 Å². The molecule has 0 unspecified atom stereocenters. The van der Waals surface area contributed by atoms with Crippen LogP contribution in [0.1, 0.15) is 40.4 Å². The van der Waals surface area contributed by atoms with E-state index in [1.165, 1.54) is 38.4 Å². The Kier molecular flexibility index (Phi) is 5.10. The minimum absolute atomic E-state index is 0.135. The third-order valence-corrected chi connectivity index (χ3v) is 5.63. The lowest BCUT2D eigenvalue weighted by molar-refractivity contribution is -0.140. The number of carbonyl (C=O) groups is 2. The van der Waals surface area contributed by atoms with Crippen molar-refractivity contribution in [2.45, 2.75) is 39.2 Å². The molecule has 0 spiro atoms. The molecule has 0 bridgehead atoms. The first-order valence-corrected chi connectivity index (χ1v) is 8.78. The topological polar surface area (TPSA) is 57.6 Å². The molecule has 1 amide bonds. The highest BCUT2D eigenvalue weighted by Gasteiger charge is 2.35. The number of rotatable bonds is 5. The fourth-order valence-electron chi connectivity index (χ4n) is 2.30. The summed E-state index contributed by atoms with van der Waals surface area (Å²) in [6.45, 7) is 4.21. The first-order chi connectivity index (χ1) is 9.58. The maximum Gasteiger partial charge on any atom is 0.327 e. The zero-order valence-electron chi connectivity index (χ0n) is 11.7. The van der Waals surface area contributed by atoms with Crippen molar-refractivity contribution < 1.29 is 14.7 Å². The molecule has 1 aromatic rings. The van der Waals surface area contributed by atoms with Gasteiger partial charge in [-0.2, -0.15) is 0 Å². The Morgan fingerprint density at radius 3 is 2.80 bits per heavy atom. The highest BCUT2D eigenvalue weighted by molar-refractivity contribution is 7.99. The molecule has 20 heavy (non-hydrogen) atoms. The zero-order chi connectivity index (χ0) is 14.7. The normalized spacial score (nSPS) is 18.5. The quantitative estimate of drug-likeness (QED) is 0.908. The fourth-order valence-corrected chi connectivity index (χ4v) is 4.76. The average Bonchev–Trinajstić information content (AvgIpc) is 3.04. The molecular formula is C14H19NO3S2. The summed E-state index contributed by atoms with van der Waals surface area (Å²) in [5.74, 6) is -0.0958. The van der Waals surface area contributed by atoms with E-state index in [1.807, 2.05) is 6.07 Å². The van der Waals surface area contributed by atoms with E-state index in [2.05, 4.69) is 13.8 Å². The summed E-state index contributed by atoms with van der Waals surface area (Å²) in [6, 6.07) is 1.26. The summed E-state index contributed by atoms with van der Waals surface area (Å²) in [4.78, 5) is 27.1. The van der Waals surface area contributed by atoms with Crippen LogP contribution in [0.15, 0.2) is 6.07 Å². The van der Waals surface area contributed by atoms with Gasteiger partial charge in [-0.1, -0.05) is 20.3 Å². The lowest BCUT2D eigenvalue weighted by Crippen LogP contribution is -2.41. The van der Waals surface area contributed by atoms with Gasteiger partial charge in [0, 0.05) is 10.6 Å². The number of aryl methyl sites for hydroxylation is 2. The SMILES string of the molecule is CCCc1sc(C(=O)N2CSC[C@H]2C(=O)O)cc1CC. The second kappa shape index (κ2) is 6.63. The molecule has 0 radical (unpaired) electrons. The number of carbonyl (C=O) groups excluding carboxylic acids is 1. The van der Waals surface area contributed by atoms with E-state index in [4.69, 9.17) is 5.11 Å². The Bertz CT molecular complexity index is 513. The molecular weight excluding hydrogens is 294 g/mol. The summed E-state index contributed by atoms with van der Waals surface area (Å²) in [7, 11) is 0. The van der Waals surface area contributed by atoms with Crippen LogP contribution in [-0.4, -0.2) is 39.6 Å². The summed E-state index contributed by atoms with van der Waals surface area (Å²) in [5.41, 5.74) is 1.22. The van der Waals surface area contributed by atoms with Crippen LogP contribution >= 0.6 is 23.1 Å². The number of aliphatic carboxylic acids is 1. The van der Waals surface area contributed by atoms with Crippen LogP contribution in [0.25, 0.3) is 0 Å². The van der Waals surface area contributed by atoms with Gasteiger partial charge in [0.1, 0.15) is 6.04 Å². The van der Waals surface area contributed by atoms with Crippen molar-refractivity contribution in [1.82, 2.24) is 4.90 Å². The van der Waals surface area contributed by atoms with Crippen LogP contribution in [0.2, 0.25) is 0 Å². The second-order valence-electron chi connectivity index (χ2n) is 4.79. The minimum Gasteiger partial charge on any atom is -0.480 e. The fraction of sp³-hybridized carbons (Fsp3) is 0.571. The van der Waals surface area contributed by atoms with Crippen LogP contribution in [-0.2, 0) is 17.6 Å². The smallest absolute Gasteiger partial charge is 0.327 e. The van der Waals surface area contributed by atoms with Gasteiger partial charge in [0.15, 0.2) is 0 Å². The molecule has 1 saturated heterocycles. The summed E-state index contributed by atoms with van der Waals surface area (Å²) in [5, 5.41) is 9.17. The highest BCUT2D eigenvalue weighted by Crippen LogP contribution is 2.29. The summed E-state index contributed by atoms with van der Waals surface area (Å²) >= 11 is 3.02. The number of thioether (sulfide) groups is 1. The minimum atomic E-state index is -0.913.